The summed E-state index contributed by atoms with van der Waals surface area (Å²) in [4.78, 5) is 14.4. The number of hydrogen-bond acceptors (Lipinski definition) is 3. The van der Waals surface area contributed by atoms with Gasteiger partial charge in [0.25, 0.3) is 0 Å². The molecule has 88 valence electrons. The lowest BCUT2D eigenvalue weighted by atomic mass is 10.0. The van der Waals surface area contributed by atoms with Crippen LogP contribution >= 0.6 is 27.3 Å². The minimum absolute atomic E-state index is 0.297. The minimum atomic E-state index is -0.685. The summed E-state index contributed by atoms with van der Waals surface area (Å²) in [5, 5.41) is 9.14. The summed E-state index contributed by atoms with van der Waals surface area (Å²) < 4.78 is 1.10. The molecule has 1 aromatic heterocycles. The van der Waals surface area contributed by atoms with Gasteiger partial charge >= 0.3 is 5.97 Å². The van der Waals surface area contributed by atoms with Gasteiger partial charge in [-0.2, -0.15) is 0 Å². The van der Waals surface area contributed by atoms with Crippen molar-refractivity contribution < 1.29 is 9.90 Å². The number of halogens is 1. The van der Waals surface area contributed by atoms with E-state index in [0.717, 1.165) is 36.1 Å². The summed E-state index contributed by atoms with van der Waals surface area (Å²) in [7, 11) is 0. The number of carboxylic acids is 1. The zero-order chi connectivity index (χ0) is 11.5. The SMILES string of the molecule is O=C(O)[C@H]1CCCCN1Cc1ccc(Br)s1. The molecule has 0 aromatic carbocycles. The van der Waals surface area contributed by atoms with E-state index in [-0.39, 0.29) is 6.04 Å². The molecule has 1 aliphatic rings. The van der Waals surface area contributed by atoms with E-state index in [4.69, 9.17) is 5.11 Å². The van der Waals surface area contributed by atoms with Gasteiger partial charge in [-0.3, -0.25) is 9.69 Å². The van der Waals surface area contributed by atoms with E-state index in [1.165, 1.54) is 4.88 Å². The second-order valence-electron chi connectivity index (χ2n) is 4.03. The van der Waals surface area contributed by atoms with Crippen molar-refractivity contribution in [3.63, 3.8) is 0 Å². The lowest BCUT2D eigenvalue weighted by molar-refractivity contribution is -0.144. The maximum atomic E-state index is 11.1. The van der Waals surface area contributed by atoms with Crippen LogP contribution in [0.25, 0.3) is 0 Å². The second kappa shape index (κ2) is 5.29. The van der Waals surface area contributed by atoms with Crippen molar-refractivity contribution in [3.05, 3.63) is 20.8 Å². The molecule has 0 saturated carbocycles. The van der Waals surface area contributed by atoms with Crippen LogP contribution in [0.15, 0.2) is 15.9 Å². The molecular weight excluding hydrogens is 290 g/mol. The van der Waals surface area contributed by atoms with Gasteiger partial charge in [-0.05, 0) is 47.4 Å². The van der Waals surface area contributed by atoms with Crippen molar-refractivity contribution in [1.29, 1.82) is 0 Å². The van der Waals surface area contributed by atoms with Gasteiger partial charge in [0.15, 0.2) is 0 Å². The molecule has 1 aliphatic heterocycles. The van der Waals surface area contributed by atoms with Gasteiger partial charge in [0.2, 0.25) is 0 Å². The van der Waals surface area contributed by atoms with E-state index in [1.54, 1.807) is 11.3 Å². The minimum Gasteiger partial charge on any atom is -0.480 e. The Kier molecular flexibility index (Phi) is 4.00. The number of carbonyl (C=O) groups is 1. The number of nitrogens with zero attached hydrogens (tertiary/aromatic N) is 1. The zero-order valence-corrected chi connectivity index (χ0v) is 11.3. The monoisotopic (exact) mass is 303 g/mol. The molecule has 2 rings (SSSR count). The summed E-state index contributed by atoms with van der Waals surface area (Å²) in [5.41, 5.74) is 0. The highest BCUT2D eigenvalue weighted by molar-refractivity contribution is 9.11. The average molecular weight is 304 g/mol. The highest BCUT2D eigenvalue weighted by Crippen LogP contribution is 2.26. The van der Waals surface area contributed by atoms with Gasteiger partial charge in [0.1, 0.15) is 6.04 Å². The van der Waals surface area contributed by atoms with Crippen LogP contribution in [0.4, 0.5) is 0 Å². The molecule has 0 radical (unpaired) electrons. The second-order valence-corrected chi connectivity index (χ2v) is 6.57. The van der Waals surface area contributed by atoms with Crippen LogP contribution in [-0.4, -0.2) is 28.6 Å². The van der Waals surface area contributed by atoms with E-state index in [9.17, 15) is 4.79 Å². The maximum Gasteiger partial charge on any atom is 0.320 e. The fraction of sp³-hybridized carbons (Fsp3) is 0.545. The van der Waals surface area contributed by atoms with E-state index >= 15 is 0 Å². The van der Waals surface area contributed by atoms with Crippen molar-refractivity contribution in [1.82, 2.24) is 4.90 Å². The molecule has 0 unspecified atom stereocenters. The van der Waals surface area contributed by atoms with Gasteiger partial charge in [0, 0.05) is 11.4 Å². The molecule has 0 aliphatic carbocycles. The maximum absolute atomic E-state index is 11.1. The molecule has 5 heteroatoms. The van der Waals surface area contributed by atoms with Crippen molar-refractivity contribution >= 4 is 33.2 Å². The van der Waals surface area contributed by atoms with Crippen LogP contribution in [0.1, 0.15) is 24.1 Å². The van der Waals surface area contributed by atoms with Crippen LogP contribution in [0.3, 0.4) is 0 Å². The number of hydrogen-bond donors (Lipinski definition) is 1. The van der Waals surface area contributed by atoms with Crippen LogP contribution in [0, 0.1) is 0 Å². The lowest BCUT2D eigenvalue weighted by Gasteiger charge is -2.32. The van der Waals surface area contributed by atoms with E-state index < -0.39 is 5.97 Å². The van der Waals surface area contributed by atoms with Crippen molar-refractivity contribution in [2.75, 3.05) is 6.54 Å². The summed E-state index contributed by atoms with van der Waals surface area (Å²) >= 11 is 5.10. The van der Waals surface area contributed by atoms with Crippen LogP contribution in [-0.2, 0) is 11.3 Å². The van der Waals surface area contributed by atoms with Gasteiger partial charge in [-0.15, -0.1) is 11.3 Å². The fourth-order valence-corrected chi connectivity index (χ4v) is 3.61. The van der Waals surface area contributed by atoms with Crippen LogP contribution < -0.4 is 0 Å². The lowest BCUT2D eigenvalue weighted by Crippen LogP contribution is -2.43. The molecule has 1 saturated heterocycles. The first kappa shape index (κ1) is 12.1. The molecule has 0 amide bonds. The summed E-state index contributed by atoms with van der Waals surface area (Å²) in [6, 6.07) is 3.77. The van der Waals surface area contributed by atoms with Crippen molar-refractivity contribution in [2.24, 2.45) is 0 Å². The molecule has 16 heavy (non-hydrogen) atoms. The van der Waals surface area contributed by atoms with E-state index in [1.807, 2.05) is 6.07 Å². The van der Waals surface area contributed by atoms with Crippen LogP contribution in [0.5, 0.6) is 0 Å². The molecule has 0 bridgehead atoms. The van der Waals surface area contributed by atoms with E-state index in [0.29, 0.717) is 0 Å². The summed E-state index contributed by atoms with van der Waals surface area (Å²) in [5.74, 6) is -0.685. The summed E-state index contributed by atoms with van der Waals surface area (Å²) in [6.45, 7) is 1.65. The molecule has 0 spiro atoms. The number of rotatable bonds is 3. The quantitative estimate of drug-likeness (QED) is 0.933. The Labute approximate surface area is 107 Å². The summed E-state index contributed by atoms with van der Waals surface area (Å²) in [6.07, 6.45) is 2.92. The standard InChI is InChI=1S/C11H14BrNO2S/c12-10-5-4-8(16-10)7-13-6-2-1-3-9(13)11(14)15/h4-5,9H,1-3,6-7H2,(H,14,15)/t9-/m1/s1. The Hall–Kier alpha value is -0.390. The first-order valence-electron chi connectivity index (χ1n) is 5.38. The first-order valence-corrected chi connectivity index (χ1v) is 6.99. The van der Waals surface area contributed by atoms with Gasteiger partial charge in [-0.25, -0.2) is 0 Å². The van der Waals surface area contributed by atoms with Gasteiger partial charge in [-0.1, -0.05) is 6.42 Å². The molecule has 3 nitrogen and oxygen atoms in total. The Bertz CT molecular complexity index is 380. The Morgan fingerprint density at radius 1 is 1.56 bits per heavy atom. The number of thiophene rings is 1. The molecular formula is C11H14BrNO2S. The molecule has 1 N–H and O–H groups in total. The number of likely N-dealkylation sites (tertiary alicyclic amines) is 1. The fourth-order valence-electron chi connectivity index (χ4n) is 2.10. The van der Waals surface area contributed by atoms with Crippen LogP contribution in [0.2, 0.25) is 0 Å². The molecule has 1 fully saturated rings. The predicted molar refractivity (Wildman–Crippen MR) is 67.7 cm³/mol. The highest BCUT2D eigenvalue weighted by Gasteiger charge is 2.28. The number of piperidine rings is 1. The third-order valence-corrected chi connectivity index (χ3v) is 4.49. The van der Waals surface area contributed by atoms with Crippen molar-refractivity contribution in [3.8, 4) is 0 Å². The molecule has 1 aromatic rings. The Morgan fingerprint density at radius 3 is 3.00 bits per heavy atom. The zero-order valence-electron chi connectivity index (χ0n) is 8.86. The number of carboxylic acid groups (broad SMARTS) is 1. The van der Waals surface area contributed by atoms with Gasteiger partial charge < -0.3 is 5.11 Å². The average Bonchev–Trinajstić information content (AvgIpc) is 2.64. The number of aliphatic carboxylic acids is 1. The normalized spacial score (nSPS) is 22.2. The third-order valence-electron chi connectivity index (χ3n) is 2.89. The molecule has 1 atom stereocenters. The third kappa shape index (κ3) is 2.84. The highest BCUT2D eigenvalue weighted by atomic mass is 79.9. The largest absolute Gasteiger partial charge is 0.480 e. The van der Waals surface area contributed by atoms with Crippen molar-refractivity contribution in [2.45, 2.75) is 31.8 Å². The Balaban J connectivity index is 2.03. The van der Waals surface area contributed by atoms with E-state index in [2.05, 4.69) is 26.9 Å². The van der Waals surface area contributed by atoms with Gasteiger partial charge in [0.05, 0.1) is 3.79 Å². The Morgan fingerprint density at radius 2 is 2.38 bits per heavy atom. The topological polar surface area (TPSA) is 40.5 Å². The smallest absolute Gasteiger partial charge is 0.320 e. The molecule has 2 heterocycles. The first-order chi connectivity index (χ1) is 7.66. The predicted octanol–water partition coefficient (Wildman–Crippen LogP) is 2.95.